The molecule has 0 unspecified atom stereocenters. The predicted molar refractivity (Wildman–Crippen MR) is 51.1 cm³/mol. The van der Waals surface area contributed by atoms with Crippen molar-refractivity contribution in [2.45, 2.75) is 13.1 Å². The number of aryl methyl sites for hydroxylation is 1. The average Bonchev–Trinajstić information content (AvgIpc) is 2.07. The molecule has 0 fully saturated rings. The van der Waals surface area contributed by atoms with Crippen molar-refractivity contribution in [1.29, 1.82) is 0 Å². The summed E-state index contributed by atoms with van der Waals surface area (Å²) in [6.07, 6.45) is -3.54. The Balaban J connectivity index is 3.04. The zero-order chi connectivity index (χ0) is 10.8. The molecule has 0 aliphatic carbocycles. The Bertz CT molecular complexity index is 353. The Morgan fingerprint density at radius 3 is 2.36 bits per heavy atom. The number of alkyl halides is 3. The highest BCUT2D eigenvalue weighted by Gasteiger charge is 2.32. The molecule has 0 spiro atoms. The van der Waals surface area contributed by atoms with Gasteiger partial charge in [-0.15, -0.1) is 0 Å². The van der Waals surface area contributed by atoms with E-state index in [1.54, 1.807) is 31.2 Å². The van der Waals surface area contributed by atoms with E-state index in [4.69, 9.17) is 11.6 Å². The first kappa shape index (κ1) is 11.1. The highest BCUT2D eigenvalue weighted by molar-refractivity contribution is 6.32. The molecule has 0 bridgehead atoms. The van der Waals surface area contributed by atoms with Gasteiger partial charge in [0.15, 0.2) is 0 Å². The number of benzene rings is 1. The summed E-state index contributed by atoms with van der Waals surface area (Å²) in [5, 5.41) is -1.10. The Labute approximate surface area is 85.0 Å². The van der Waals surface area contributed by atoms with E-state index in [0.717, 1.165) is 11.6 Å². The second-order valence-corrected chi connectivity index (χ2v) is 3.25. The van der Waals surface area contributed by atoms with Gasteiger partial charge in [0.2, 0.25) is 0 Å². The highest BCUT2D eigenvalue weighted by Crippen LogP contribution is 2.30. The van der Waals surface area contributed by atoms with Crippen LogP contribution >= 0.6 is 11.6 Å². The Morgan fingerprint density at radius 1 is 1.29 bits per heavy atom. The van der Waals surface area contributed by atoms with E-state index in [9.17, 15) is 13.2 Å². The third-order valence-electron chi connectivity index (χ3n) is 1.74. The molecule has 4 heteroatoms. The molecule has 76 valence electrons. The van der Waals surface area contributed by atoms with Gasteiger partial charge >= 0.3 is 6.18 Å². The van der Waals surface area contributed by atoms with Crippen molar-refractivity contribution < 1.29 is 13.2 Å². The molecule has 0 N–H and O–H groups in total. The van der Waals surface area contributed by atoms with Crippen molar-refractivity contribution in [1.82, 2.24) is 0 Å². The SMILES string of the molecule is Cc1ccccc1/C=C(\Cl)C(F)(F)F. The summed E-state index contributed by atoms with van der Waals surface area (Å²) >= 11 is 5.10. The molecular weight excluding hydrogens is 213 g/mol. The lowest BCUT2D eigenvalue weighted by molar-refractivity contribution is -0.0836. The van der Waals surface area contributed by atoms with Crippen LogP contribution in [0.3, 0.4) is 0 Å². The van der Waals surface area contributed by atoms with Crippen molar-refractivity contribution in [2.75, 3.05) is 0 Å². The normalized spacial score (nSPS) is 13.1. The van der Waals surface area contributed by atoms with E-state index >= 15 is 0 Å². The minimum Gasteiger partial charge on any atom is -0.165 e. The molecular formula is C10H8ClF3. The summed E-state index contributed by atoms with van der Waals surface area (Å²) in [5.41, 5.74) is 1.24. The van der Waals surface area contributed by atoms with Gasteiger partial charge in [0.1, 0.15) is 5.03 Å². The second kappa shape index (κ2) is 4.05. The van der Waals surface area contributed by atoms with Crippen LogP contribution in [0.5, 0.6) is 0 Å². The van der Waals surface area contributed by atoms with Crippen LogP contribution in [0.1, 0.15) is 11.1 Å². The van der Waals surface area contributed by atoms with Crippen LogP contribution in [0.15, 0.2) is 29.3 Å². The fraction of sp³-hybridized carbons (Fsp3) is 0.200. The van der Waals surface area contributed by atoms with Crippen LogP contribution in [0.25, 0.3) is 6.08 Å². The minimum atomic E-state index is -4.47. The predicted octanol–water partition coefficient (Wildman–Crippen LogP) is 4.14. The number of hydrogen-bond acceptors (Lipinski definition) is 0. The maximum atomic E-state index is 12.1. The lowest BCUT2D eigenvalue weighted by Crippen LogP contribution is -2.06. The van der Waals surface area contributed by atoms with Crippen molar-refractivity contribution in [3.8, 4) is 0 Å². The Morgan fingerprint density at radius 2 is 1.86 bits per heavy atom. The van der Waals surface area contributed by atoms with Crippen molar-refractivity contribution in [3.05, 3.63) is 40.4 Å². The number of rotatable bonds is 1. The molecule has 14 heavy (non-hydrogen) atoms. The van der Waals surface area contributed by atoms with Gasteiger partial charge in [-0.1, -0.05) is 35.9 Å². The van der Waals surface area contributed by atoms with E-state index in [-0.39, 0.29) is 0 Å². The molecule has 0 saturated carbocycles. The van der Waals surface area contributed by atoms with Crippen LogP contribution in [-0.4, -0.2) is 6.18 Å². The van der Waals surface area contributed by atoms with Crippen molar-refractivity contribution >= 4 is 17.7 Å². The molecule has 0 atom stereocenters. The van der Waals surface area contributed by atoms with Gasteiger partial charge in [0.05, 0.1) is 0 Å². The largest absolute Gasteiger partial charge is 0.426 e. The zero-order valence-electron chi connectivity index (χ0n) is 7.40. The van der Waals surface area contributed by atoms with Gasteiger partial charge < -0.3 is 0 Å². The van der Waals surface area contributed by atoms with E-state index in [1.165, 1.54) is 0 Å². The van der Waals surface area contributed by atoms with Gasteiger partial charge in [0.25, 0.3) is 0 Å². The summed E-state index contributed by atoms with van der Waals surface area (Å²) in [7, 11) is 0. The van der Waals surface area contributed by atoms with E-state index in [0.29, 0.717) is 5.56 Å². The van der Waals surface area contributed by atoms with Crippen LogP contribution in [-0.2, 0) is 0 Å². The smallest absolute Gasteiger partial charge is 0.165 e. The summed E-state index contributed by atoms with van der Waals surface area (Å²) < 4.78 is 36.2. The zero-order valence-corrected chi connectivity index (χ0v) is 8.15. The van der Waals surface area contributed by atoms with Crippen LogP contribution < -0.4 is 0 Å². The Hall–Kier alpha value is -0.960. The minimum absolute atomic E-state index is 0.481. The molecule has 0 nitrogen and oxygen atoms in total. The lowest BCUT2D eigenvalue weighted by atomic mass is 10.1. The third-order valence-corrected chi connectivity index (χ3v) is 2.06. The Kier molecular flexibility index (Phi) is 3.21. The van der Waals surface area contributed by atoms with E-state index in [1.807, 2.05) is 0 Å². The van der Waals surface area contributed by atoms with Gasteiger partial charge in [-0.3, -0.25) is 0 Å². The molecule has 1 aromatic rings. The molecule has 1 aromatic carbocycles. The molecule has 0 radical (unpaired) electrons. The van der Waals surface area contributed by atoms with Crippen LogP contribution in [0, 0.1) is 6.92 Å². The fourth-order valence-electron chi connectivity index (χ4n) is 0.967. The molecule has 0 saturated heterocycles. The molecule has 1 rings (SSSR count). The molecule has 0 aliphatic heterocycles. The van der Waals surface area contributed by atoms with E-state index in [2.05, 4.69) is 0 Å². The fourth-order valence-corrected chi connectivity index (χ4v) is 1.08. The molecule has 0 amide bonds. The molecule has 0 heterocycles. The second-order valence-electron chi connectivity index (χ2n) is 2.85. The topological polar surface area (TPSA) is 0 Å². The number of halogens is 4. The van der Waals surface area contributed by atoms with Gasteiger partial charge in [-0.25, -0.2) is 0 Å². The third kappa shape index (κ3) is 2.77. The maximum absolute atomic E-state index is 12.1. The summed E-state index contributed by atoms with van der Waals surface area (Å²) in [6.45, 7) is 1.73. The first-order valence-electron chi connectivity index (χ1n) is 3.91. The summed E-state index contributed by atoms with van der Waals surface area (Å²) in [5.74, 6) is 0. The van der Waals surface area contributed by atoms with Crippen molar-refractivity contribution in [2.24, 2.45) is 0 Å². The standard InChI is InChI=1S/C10H8ClF3/c1-7-4-2-3-5-8(7)6-9(11)10(12,13)14/h2-6H,1H3/b9-6-. The van der Waals surface area contributed by atoms with E-state index < -0.39 is 11.2 Å². The quantitative estimate of drug-likeness (QED) is 0.667. The van der Waals surface area contributed by atoms with Gasteiger partial charge in [-0.2, -0.15) is 13.2 Å². The first-order chi connectivity index (χ1) is 6.41. The highest BCUT2D eigenvalue weighted by atomic mass is 35.5. The van der Waals surface area contributed by atoms with Gasteiger partial charge in [-0.05, 0) is 24.1 Å². The maximum Gasteiger partial charge on any atom is 0.426 e. The number of hydrogen-bond donors (Lipinski definition) is 0. The molecule has 0 aromatic heterocycles. The van der Waals surface area contributed by atoms with Crippen molar-refractivity contribution in [3.63, 3.8) is 0 Å². The van der Waals surface area contributed by atoms with Gasteiger partial charge in [0, 0.05) is 0 Å². The average molecular weight is 221 g/mol. The van der Waals surface area contributed by atoms with Crippen LogP contribution in [0.4, 0.5) is 13.2 Å². The lowest BCUT2D eigenvalue weighted by Gasteiger charge is -2.05. The molecule has 0 aliphatic rings. The number of allylic oxidation sites excluding steroid dienone is 1. The monoisotopic (exact) mass is 220 g/mol. The first-order valence-corrected chi connectivity index (χ1v) is 4.29. The summed E-state index contributed by atoms with van der Waals surface area (Å²) in [4.78, 5) is 0. The summed E-state index contributed by atoms with van der Waals surface area (Å²) in [6, 6.07) is 6.74. The van der Waals surface area contributed by atoms with Crippen LogP contribution in [0.2, 0.25) is 0 Å².